The highest BCUT2D eigenvalue weighted by Crippen LogP contribution is 2.33. The summed E-state index contributed by atoms with van der Waals surface area (Å²) in [6.45, 7) is 4.12. The van der Waals surface area contributed by atoms with E-state index in [2.05, 4.69) is 22.2 Å². The third-order valence-corrected chi connectivity index (χ3v) is 2.73. The fourth-order valence-electron chi connectivity index (χ4n) is 1.63. The summed E-state index contributed by atoms with van der Waals surface area (Å²) in [5.74, 6) is 2.08. The Bertz CT molecular complexity index is 350. The maximum absolute atomic E-state index is 5.10. The molecule has 4 heteroatoms. The first-order chi connectivity index (χ1) is 7.19. The molecular weight excluding hydrogens is 190 g/mol. The Labute approximate surface area is 90.1 Å². The van der Waals surface area contributed by atoms with Crippen molar-refractivity contribution in [1.82, 2.24) is 9.97 Å². The molecule has 15 heavy (non-hydrogen) atoms. The van der Waals surface area contributed by atoms with Gasteiger partial charge in [0.25, 0.3) is 0 Å². The highest BCUT2D eigenvalue weighted by molar-refractivity contribution is 5.32. The van der Waals surface area contributed by atoms with Gasteiger partial charge in [-0.3, -0.25) is 0 Å². The van der Waals surface area contributed by atoms with Crippen LogP contribution in [0.3, 0.4) is 0 Å². The van der Waals surface area contributed by atoms with Crippen molar-refractivity contribution in [2.75, 3.05) is 12.4 Å². The van der Waals surface area contributed by atoms with Crippen LogP contribution in [-0.2, 0) is 0 Å². The number of methoxy groups -OCH3 is 1. The molecule has 82 valence electrons. The minimum absolute atomic E-state index is 0.455. The first-order valence-electron chi connectivity index (χ1n) is 5.35. The topological polar surface area (TPSA) is 47.0 Å². The zero-order valence-electron chi connectivity index (χ0n) is 9.45. The van der Waals surface area contributed by atoms with Gasteiger partial charge in [-0.25, -0.2) is 4.98 Å². The van der Waals surface area contributed by atoms with E-state index in [4.69, 9.17) is 4.74 Å². The number of anilines is 1. The standard InChI is InChI=1S/C11H17N3O/c1-7-6-10(15-3)14-11(12-7)13-8(2)9-4-5-9/h6,8-9H,4-5H2,1-3H3,(H,12,13,14). The molecule has 1 aliphatic carbocycles. The minimum Gasteiger partial charge on any atom is -0.481 e. The molecule has 0 amide bonds. The zero-order chi connectivity index (χ0) is 10.8. The summed E-state index contributed by atoms with van der Waals surface area (Å²) >= 11 is 0. The van der Waals surface area contributed by atoms with Gasteiger partial charge in [0.05, 0.1) is 7.11 Å². The van der Waals surface area contributed by atoms with Gasteiger partial charge in [0, 0.05) is 17.8 Å². The second-order valence-corrected chi connectivity index (χ2v) is 4.15. The maximum Gasteiger partial charge on any atom is 0.226 e. The van der Waals surface area contributed by atoms with Crippen molar-refractivity contribution in [3.05, 3.63) is 11.8 Å². The van der Waals surface area contributed by atoms with Crippen LogP contribution in [0.1, 0.15) is 25.5 Å². The summed E-state index contributed by atoms with van der Waals surface area (Å²) in [4.78, 5) is 8.59. The number of nitrogens with one attached hydrogen (secondary N) is 1. The molecule has 1 unspecified atom stereocenters. The summed E-state index contributed by atoms with van der Waals surface area (Å²) < 4.78 is 5.10. The molecule has 4 nitrogen and oxygen atoms in total. The van der Waals surface area contributed by atoms with Crippen LogP contribution in [0.2, 0.25) is 0 Å². The third-order valence-electron chi connectivity index (χ3n) is 2.73. The maximum atomic E-state index is 5.10. The molecule has 0 spiro atoms. The predicted molar refractivity (Wildman–Crippen MR) is 59.1 cm³/mol. The Morgan fingerprint density at radius 3 is 2.80 bits per heavy atom. The summed E-state index contributed by atoms with van der Waals surface area (Å²) in [5.41, 5.74) is 0.923. The van der Waals surface area contributed by atoms with E-state index in [1.807, 2.05) is 13.0 Å². The summed E-state index contributed by atoms with van der Waals surface area (Å²) in [6, 6.07) is 2.28. The number of nitrogens with zero attached hydrogens (tertiary/aromatic N) is 2. The molecular formula is C11H17N3O. The van der Waals surface area contributed by atoms with Crippen molar-refractivity contribution in [2.24, 2.45) is 5.92 Å². The van der Waals surface area contributed by atoms with Crippen LogP contribution < -0.4 is 10.1 Å². The van der Waals surface area contributed by atoms with Gasteiger partial charge in [0.2, 0.25) is 11.8 Å². The van der Waals surface area contributed by atoms with Crippen molar-refractivity contribution in [3.63, 3.8) is 0 Å². The number of hydrogen-bond acceptors (Lipinski definition) is 4. The molecule has 0 bridgehead atoms. The monoisotopic (exact) mass is 207 g/mol. The lowest BCUT2D eigenvalue weighted by Gasteiger charge is -2.13. The van der Waals surface area contributed by atoms with Gasteiger partial charge in [-0.15, -0.1) is 0 Å². The number of ether oxygens (including phenoxy) is 1. The van der Waals surface area contributed by atoms with E-state index in [9.17, 15) is 0 Å². The average Bonchev–Trinajstić information content (AvgIpc) is 2.99. The number of aromatic nitrogens is 2. The second-order valence-electron chi connectivity index (χ2n) is 4.15. The Hall–Kier alpha value is -1.32. The van der Waals surface area contributed by atoms with E-state index in [-0.39, 0.29) is 0 Å². The minimum atomic E-state index is 0.455. The Kier molecular flexibility index (Phi) is 2.75. The van der Waals surface area contributed by atoms with Crippen LogP contribution >= 0.6 is 0 Å². The van der Waals surface area contributed by atoms with Crippen LogP contribution in [0, 0.1) is 12.8 Å². The largest absolute Gasteiger partial charge is 0.481 e. The third kappa shape index (κ3) is 2.58. The van der Waals surface area contributed by atoms with Crippen molar-refractivity contribution < 1.29 is 4.74 Å². The lowest BCUT2D eigenvalue weighted by atomic mass is 10.2. The van der Waals surface area contributed by atoms with Crippen molar-refractivity contribution in [2.45, 2.75) is 32.7 Å². The predicted octanol–water partition coefficient (Wildman–Crippen LogP) is 2.00. The van der Waals surface area contributed by atoms with E-state index in [1.54, 1.807) is 7.11 Å². The average molecular weight is 207 g/mol. The summed E-state index contributed by atoms with van der Waals surface area (Å²) in [7, 11) is 1.62. The molecule has 0 aromatic carbocycles. The number of aryl methyl sites for hydroxylation is 1. The molecule has 0 radical (unpaired) electrons. The molecule has 1 saturated carbocycles. The molecule has 1 N–H and O–H groups in total. The molecule has 1 heterocycles. The highest BCUT2D eigenvalue weighted by Gasteiger charge is 2.28. The van der Waals surface area contributed by atoms with Crippen LogP contribution in [0.15, 0.2) is 6.07 Å². The normalized spacial score (nSPS) is 17.3. The molecule has 1 aliphatic rings. The highest BCUT2D eigenvalue weighted by atomic mass is 16.5. The van der Waals surface area contributed by atoms with Gasteiger partial charge >= 0.3 is 0 Å². The van der Waals surface area contributed by atoms with E-state index < -0.39 is 0 Å². The quantitative estimate of drug-likeness (QED) is 0.820. The molecule has 0 aliphatic heterocycles. The second kappa shape index (κ2) is 4.04. The summed E-state index contributed by atoms with van der Waals surface area (Å²) in [5, 5.41) is 3.32. The molecule has 0 saturated heterocycles. The van der Waals surface area contributed by atoms with Gasteiger partial charge in [-0.2, -0.15) is 4.98 Å². The van der Waals surface area contributed by atoms with Crippen LogP contribution in [0.4, 0.5) is 5.95 Å². The van der Waals surface area contributed by atoms with E-state index in [0.717, 1.165) is 11.6 Å². The molecule has 1 aromatic heterocycles. The van der Waals surface area contributed by atoms with Gasteiger partial charge < -0.3 is 10.1 Å². The zero-order valence-corrected chi connectivity index (χ0v) is 9.45. The van der Waals surface area contributed by atoms with E-state index in [1.165, 1.54) is 12.8 Å². The van der Waals surface area contributed by atoms with E-state index in [0.29, 0.717) is 17.9 Å². The first kappa shape index (κ1) is 10.2. The lowest BCUT2D eigenvalue weighted by Crippen LogP contribution is -2.19. The van der Waals surface area contributed by atoms with Gasteiger partial charge in [0.15, 0.2) is 0 Å². The molecule has 1 fully saturated rings. The smallest absolute Gasteiger partial charge is 0.226 e. The lowest BCUT2D eigenvalue weighted by molar-refractivity contribution is 0.396. The molecule has 2 rings (SSSR count). The summed E-state index contributed by atoms with van der Waals surface area (Å²) in [6.07, 6.45) is 2.63. The Morgan fingerprint density at radius 2 is 2.20 bits per heavy atom. The van der Waals surface area contributed by atoms with Crippen LogP contribution in [0.25, 0.3) is 0 Å². The Balaban J connectivity index is 2.08. The molecule has 1 atom stereocenters. The van der Waals surface area contributed by atoms with Gasteiger partial charge in [-0.05, 0) is 32.6 Å². The first-order valence-corrected chi connectivity index (χ1v) is 5.35. The number of hydrogen-bond donors (Lipinski definition) is 1. The van der Waals surface area contributed by atoms with Gasteiger partial charge in [0.1, 0.15) is 0 Å². The van der Waals surface area contributed by atoms with Crippen molar-refractivity contribution in [1.29, 1.82) is 0 Å². The number of rotatable bonds is 4. The van der Waals surface area contributed by atoms with Crippen LogP contribution in [0.5, 0.6) is 5.88 Å². The SMILES string of the molecule is COc1cc(C)nc(NC(C)C2CC2)n1. The van der Waals surface area contributed by atoms with Crippen LogP contribution in [-0.4, -0.2) is 23.1 Å². The fraction of sp³-hybridized carbons (Fsp3) is 0.636. The Morgan fingerprint density at radius 1 is 1.47 bits per heavy atom. The van der Waals surface area contributed by atoms with Crippen molar-refractivity contribution in [3.8, 4) is 5.88 Å². The fourth-order valence-corrected chi connectivity index (χ4v) is 1.63. The van der Waals surface area contributed by atoms with Gasteiger partial charge in [-0.1, -0.05) is 0 Å². The van der Waals surface area contributed by atoms with E-state index >= 15 is 0 Å². The molecule has 1 aromatic rings. The van der Waals surface area contributed by atoms with Crippen molar-refractivity contribution >= 4 is 5.95 Å².